The highest BCUT2D eigenvalue weighted by molar-refractivity contribution is 5.95. The summed E-state index contributed by atoms with van der Waals surface area (Å²) in [5.41, 5.74) is -0.0441. The third-order valence-electron chi connectivity index (χ3n) is 3.31. The van der Waals surface area contributed by atoms with Crippen LogP contribution in [0.2, 0.25) is 0 Å². The fourth-order valence-electron chi connectivity index (χ4n) is 2.01. The Kier molecular flexibility index (Phi) is 5.35. The number of hydrogen-bond acceptors (Lipinski definition) is 6. The summed E-state index contributed by atoms with van der Waals surface area (Å²) in [6, 6.07) is 3.59. The van der Waals surface area contributed by atoms with Crippen LogP contribution in [-0.4, -0.2) is 52.1 Å². The minimum absolute atomic E-state index is 0.0226. The molecule has 0 aliphatic heterocycles. The maximum absolute atomic E-state index is 12.5. The Morgan fingerprint density at radius 1 is 1.38 bits per heavy atom. The molecule has 1 atom stereocenters. The number of carboxylic acids is 1. The Balaban J connectivity index is 2.17. The molecule has 24 heavy (non-hydrogen) atoms. The molecule has 0 aromatic carbocycles. The third kappa shape index (κ3) is 4.00. The van der Waals surface area contributed by atoms with Gasteiger partial charge in [-0.3, -0.25) is 9.59 Å². The zero-order chi connectivity index (χ0) is 17.7. The van der Waals surface area contributed by atoms with Gasteiger partial charge in [0.25, 0.3) is 5.91 Å². The summed E-state index contributed by atoms with van der Waals surface area (Å²) in [5, 5.41) is 15.4. The van der Waals surface area contributed by atoms with E-state index in [-0.39, 0.29) is 30.5 Å². The molecule has 128 valence electrons. The molecule has 9 nitrogen and oxygen atoms in total. The Morgan fingerprint density at radius 3 is 2.71 bits per heavy atom. The molecule has 0 saturated carbocycles. The molecular weight excluding hydrogens is 318 g/mol. The number of nitrogens with zero attached hydrogens (tertiary/aromatic N) is 2. The molecule has 2 amide bonds. The molecule has 9 heteroatoms. The molecule has 2 aromatic heterocycles. The van der Waals surface area contributed by atoms with Crippen molar-refractivity contribution in [2.24, 2.45) is 0 Å². The number of nitrogens with one attached hydrogen (secondary N) is 1. The van der Waals surface area contributed by atoms with Crippen molar-refractivity contribution in [2.75, 3.05) is 13.1 Å². The molecule has 0 aliphatic rings. The Labute approximate surface area is 137 Å². The summed E-state index contributed by atoms with van der Waals surface area (Å²) in [7, 11) is 0. The zero-order valence-corrected chi connectivity index (χ0v) is 13.2. The number of carbonyl (C=O) groups excluding carboxylic acids is 2. The van der Waals surface area contributed by atoms with E-state index in [1.54, 1.807) is 12.1 Å². The first-order valence-electron chi connectivity index (χ1n) is 7.19. The largest absolute Gasteiger partial charge is 0.480 e. The normalized spacial score (nSPS) is 11.8. The zero-order valence-electron chi connectivity index (χ0n) is 13.2. The molecule has 2 aromatic rings. The van der Waals surface area contributed by atoms with Crippen LogP contribution >= 0.6 is 0 Å². The lowest BCUT2D eigenvalue weighted by Crippen LogP contribution is -2.46. The van der Waals surface area contributed by atoms with Crippen LogP contribution in [0.15, 0.2) is 33.4 Å². The van der Waals surface area contributed by atoms with Crippen LogP contribution in [-0.2, 0) is 9.59 Å². The van der Waals surface area contributed by atoms with Crippen molar-refractivity contribution in [3.63, 3.8) is 0 Å². The van der Waals surface area contributed by atoms with Gasteiger partial charge in [0.15, 0.2) is 11.5 Å². The van der Waals surface area contributed by atoms with Gasteiger partial charge in [-0.05, 0) is 19.1 Å². The van der Waals surface area contributed by atoms with Gasteiger partial charge in [0.05, 0.1) is 6.26 Å². The van der Waals surface area contributed by atoms with E-state index in [9.17, 15) is 19.5 Å². The second kappa shape index (κ2) is 7.44. The molecule has 0 spiro atoms. The monoisotopic (exact) mass is 335 g/mol. The summed E-state index contributed by atoms with van der Waals surface area (Å²) in [6.07, 6.45) is 1.45. The van der Waals surface area contributed by atoms with E-state index in [1.807, 2.05) is 0 Å². The summed E-state index contributed by atoms with van der Waals surface area (Å²) < 4.78 is 10.2. The van der Waals surface area contributed by atoms with Gasteiger partial charge in [-0.2, -0.15) is 0 Å². The quantitative estimate of drug-likeness (QED) is 0.772. The van der Waals surface area contributed by atoms with Gasteiger partial charge < -0.3 is 24.3 Å². The van der Waals surface area contributed by atoms with Crippen molar-refractivity contribution in [1.82, 2.24) is 15.4 Å². The van der Waals surface area contributed by atoms with Crippen LogP contribution in [0.1, 0.15) is 24.3 Å². The van der Waals surface area contributed by atoms with Crippen molar-refractivity contribution in [1.29, 1.82) is 0 Å². The number of carbonyl (C=O) groups is 3. The molecule has 0 radical (unpaired) electrons. The van der Waals surface area contributed by atoms with E-state index >= 15 is 0 Å². The molecule has 2 rings (SSSR count). The van der Waals surface area contributed by atoms with E-state index in [2.05, 4.69) is 10.5 Å². The Morgan fingerprint density at radius 2 is 2.12 bits per heavy atom. The van der Waals surface area contributed by atoms with Gasteiger partial charge in [0, 0.05) is 26.1 Å². The highest BCUT2D eigenvalue weighted by Gasteiger charge is 2.28. The number of aliphatic carboxylic acids is 1. The first-order valence-corrected chi connectivity index (χ1v) is 7.19. The molecule has 2 heterocycles. The highest BCUT2D eigenvalue weighted by atomic mass is 16.5. The van der Waals surface area contributed by atoms with Crippen molar-refractivity contribution in [3.8, 4) is 11.5 Å². The number of amides is 2. The van der Waals surface area contributed by atoms with Crippen LogP contribution in [0.4, 0.5) is 0 Å². The second-order valence-corrected chi connectivity index (χ2v) is 5.05. The number of furan rings is 1. The Bertz CT molecular complexity index is 721. The standard InChI is InChI=1S/C15H17N3O6/c1-9(15(21)22)18(6-5-16-10(2)19)14(20)11-8-13(24-17-11)12-4-3-7-23-12/h3-4,7-9H,5-6H2,1-2H3,(H,16,19)(H,21,22). The van der Waals surface area contributed by atoms with Gasteiger partial charge in [-0.1, -0.05) is 5.16 Å². The molecular formula is C15H17N3O6. The smallest absolute Gasteiger partial charge is 0.326 e. The van der Waals surface area contributed by atoms with Gasteiger partial charge >= 0.3 is 5.97 Å². The molecule has 1 unspecified atom stereocenters. The number of hydrogen-bond donors (Lipinski definition) is 2. The average molecular weight is 335 g/mol. The van der Waals surface area contributed by atoms with E-state index in [0.717, 1.165) is 4.90 Å². The van der Waals surface area contributed by atoms with Gasteiger partial charge in [-0.25, -0.2) is 4.79 Å². The molecule has 0 aliphatic carbocycles. The van der Waals surface area contributed by atoms with E-state index in [0.29, 0.717) is 5.76 Å². The third-order valence-corrected chi connectivity index (χ3v) is 3.31. The van der Waals surface area contributed by atoms with Crippen LogP contribution in [0.3, 0.4) is 0 Å². The van der Waals surface area contributed by atoms with E-state index in [4.69, 9.17) is 8.94 Å². The lowest BCUT2D eigenvalue weighted by Gasteiger charge is -2.25. The minimum Gasteiger partial charge on any atom is -0.480 e. The molecule has 0 bridgehead atoms. The number of carboxylic acid groups (broad SMARTS) is 1. The van der Waals surface area contributed by atoms with Gasteiger partial charge in [0.1, 0.15) is 6.04 Å². The lowest BCUT2D eigenvalue weighted by molar-refractivity contribution is -0.141. The van der Waals surface area contributed by atoms with Crippen LogP contribution in [0.5, 0.6) is 0 Å². The first-order chi connectivity index (χ1) is 11.4. The summed E-state index contributed by atoms with van der Waals surface area (Å²) in [6.45, 7) is 2.86. The fraction of sp³-hybridized carbons (Fsp3) is 0.333. The SMILES string of the molecule is CC(=O)NCCN(C(=O)c1cc(-c2ccco2)on1)C(C)C(=O)O. The maximum Gasteiger partial charge on any atom is 0.326 e. The van der Waals surface area contributed by atoms with Crippen LogP contribution < -0.4 is 5.32 Å². The molecule has 0 saturated heterocycles. The fourth-order valence-corrected chi connectivity index (χ4v) is 2.01. The van der Waals surface area contributed by atoms with Crippen molar-refractivity contribution >= 4 is 17.8 Å². The van der Waals surface area contributed by atoms with E-state index in [1.165, 1.54) is 26.2 Å². The first kappa shape index (κ1) is 17.3. The second-order valence-electron chi connectivity index (χ2n) is 5.05. The van der Waals surface area contributed by atoms with Crippen molar-refractivity contribution in [2.45, 2.75) is 19.9 Å². The number of rotatable bonds is 7. The van der Waals surface area contributed by atoms with Crippen LogP contribution in [0.25, 0.3) is 11.5 Å². The van der Waals surface area contributed by atoms with E-state index < -0.39 is 17.9 Å². The highest BCUT2D eigenvalue weighted by Crippen LogP contribution is 2.21. The predicted molar refractivity (Wildman–Crippen MR) is 81.0 cm³/mol. The van der Waals surface area contributed by atoms with Crippen molar-refractivity contribution in [3.05, 3.63) is 30.2 Å². The van der Waals surface area contributed by atoms with Gasteiger partial charge in [-0.15, -0.1) is 0 Å². The topological polar surface area (TPSA) is 126 Å². The maximum atomic E-state index is 12.5. The predicted octanol–water partition coefficient (Wildman–Crippen LogP) is 0.986. The minimum atomic E-state index is -1.17. The summed E-state index contributed by atoms with van der Waals surface area (Å²) in [4.78, 5) is 35.8. The average Bonchev–Trinajstić information content (AvgIpc) is 3.20. The van der Waals surface area contributed by atoms with Crippen LogP contribution in [0, 0.1) is 0 Å². The summed E-state index contributed by atoms with van der Waals surface area (Å²) >= 11 is 0. The lowest BCUT2D eigenvalue weighted by atomic mass is 10.2. The molecule has 0 fully saturated rings. The van der Waals surface area contributed by atoms with Gasteiger partial charge in [0.2, 0.25) is 11.7 Å². The summed E-state index contributed by atoms with van der Waals surface area (Å²) in [5.74, 6) is -1.39. The van der Waals surface area contributed by atoms with Crippen molar-refractivity contribution < 1.29 is 28.4 Å². The number of aromatic nitrogens is 1. The Hall–Kier alpha value is -3.10. The molecule has 2 N–H and O–H groups in total.